The molecule has 9 nitrogen and oxygen atoms in total. The normalized spacial score (nSPS) is 10.7. The molecule has 0 spiro atoms. The van der Waals surface area contributed by atoms with E-state index in [4.69, 9.17) is 28.4 Å². The van der Waals surface area contributed by atoms with Crippen LogP contribution in [0, 0.1) is 0 Å². The van der Waals surface area contributed by atoms with Gasteiger partial charge in [-0.15, -0.1) is 0 Å². The number of aromatic nitrogens is 1. The first-order valence-corrected chi connectivity index (χ1v) is 11.3. The van der Waals surface area contributed by atoms with Crippen molar-refractivity contribution in [3.63, 3.8) is 0 Å². The number of pyridine rings is 1. The van der Waals surface area contributed by atoms with Crippen molar-refractivity contribution >= 4 is 17.8 Å². The third-order valence-corrected chi connectivity index (χ3v) is 5.02. The third kappa shape index (κ3) is 8.20. The molecule has 1 aromatic heterocycles. The molecular formula is C26H33NO8. The van der Waals surface area contributed by atoms with Crippen LogP contribution in [-0.4, -0.2) is 58.4 Å². The maximum Gasteiger partial charge on any atom is 0.305 e. The fourth-order valence-electron chi connectivity index (χ4n) is 3.24. The molecule has 0 saturated heterocycles. The highest BCUT2D eigenvalue weighted by Gasteiger charge is 2.16. The minimum Gasteiger partial charge on any atom is -0.493 e. The third-order valence-electron chi connectivity index (χ3n) is 5.02. The zero-order valence-corrected chi connectivity index (χ0v) is 20.9. The Morgan fingerprint density at radius 1 is 0.857 bits per heavy atom. The summed E-state index contributed by atoms with van der Waals surface area (Å²) in [4.78, 5) is 28.5. The number of hydrogen-bond donors (Lipinski definition) is 0. The highest BCUT2D eigenvalue weighted by molar-refractivity contribution is 6.07. The first kappa shape index (κ1) is 27.5. The summed E-state index contributed by atoms with van der Waals surface area (Å²) in [6, 6.07) is 4.88. The molecule has 2 rings (SSSR count). The molecule has 0 fully saturated rings. The molecule has 0 unspecified atom stereocenters. The summed E-state index contributed by atoms with van der Waals surface area (Å²) in [6.45, 7) is 2.64. The van der Waals surface area contributed by atoms with E-state index in [9.17, 15) is 9.59 Å². The van der Waals surface area contributed by atoms with Crippen molar-refractivity contribution in [2.24, 2.45) is 0 Å². The summed E-state index contributed by atoms with van der Waals surface area (Å²) in [6.07, 6.45) is 7.30. The molecule has 0 atom stereocenters. The van der Waals surface area contributed by atoms with Crippen molar-refractivity contribution in [2.45, 2.75) is 32.6 Å². The lowest BCUT2D eigenvalue weighted by atomic mass is 10.1. The predicted molar refractivity (Wildman–Crippen MR) is 131 cm³/mol. The van der Waals surface area contributed by atoms with Gasteiger partial charge in [0.15, 0.2) is 28.8 Å². The molecule has 190 valence electrons. The number of carbonyl (C=O) groups is 2. The van der Waals surface area contributed by atoms with E-state index in [0.717, 1.165) is 19.3 Å². The molecule has 9 heteroatoms. The number of hydrogen-bond acceptors (Lipinski definition) is 9. The number of ether oxygens (including phenoxy) is 6. The van der Waals surface area contributed by atoms with E-state index in [-0.39, 0.29) is 11.8 Å². The molecule has 0 aliphatic heterocycles. The molecule has 0 aliphatic rings. The Kier molecular flexibility index (Phi) is 11.4. The van der Waals surface area contributed by atoms with Crippen molar-refractivity contribution in [2.75, 3.05) is 41.7 Å². The molecule has 35 heavy (non-hydrogen) atoms. The van der Waals surface area contributed by atoms with Crippen LogP contribution in [-0.2, 0) is 9.53 Å². The summed E-state index contributed by atoms with van der Waals surface area (Å²) in [5.74, 6) is 1.77. The number of nitrogens with zero attached hydrogens (tertiary/aromatic N) is 1. The van der Waals surface area contributed by atoms with E-state index in [2.05, 4.69) is 4.98 Å². The smallest absolute Gasteiger partial charge is 0.305 e. The molecule has 0 saturated carbocycles. The van der Waals surface area contributed by atoms with Crippen molar-refractivity contribution in [1.82, 2.24) is 4.98 Å². The summed E-state index contributed by atoms with van der Waals surface area (Å²) in [5.41, 5.74) is 0.910. The Morgan fingerprint density at radius 2 is 1.54 bits per heavy atom. The van der Waals surface area contributed by atoms with Crippen LogP contribution >= 0.6 is 0 Å². The van der Waals surface area contributed by atoms with E-state index in [1.807, 2.05) is 0 Å². The Hall–Kier alpha value is -3.75. The van der Waals surface area contributed by atoms with Crippen LogP contribution in [0.25, 0.3) is 6.08 Å². The molecule has 0 aliphatic carbocycles. The average molecular weight is 488 g/mol. The zero-order chi connectivity index (χ0) is 25.6. The molecular weight excluding hydrogens is 454 g/mol. The maximum atomic E-state index is 12.8. The van der Waals surface area contributed by atoms with Crippen molar-refractivity contribution in [3.8, 4) is 28.7 Å². The van der Waals surface area contributed by atoms with Crippen molar-refractivity contribution in [1.29, 1.82) is 0 Å². The SMILES string of the molecule is CCOC(=O)CCCCCOc1cc(C=CC(=O)c2cc(OC)c(OC)c(OC)c2)ncc1OC. The number of esters is 1. The van der Waals surface area contributed by atoms with Crippen molar-refractivity contribution < 1.29 is 38.0 Å². The van der Waals surface area contributed by atoms with Gasteiger partial charge in [-0.1, -0.05) is 0 Å². The van der Waals surface area contributed by atoms with Crippen LogP contribution in [0.3, 0.4) is 0 Å². The quantitative estimate of drug-likeness (QED) is 0.155. The van der Waals surface area contributed by atoms with Gasteiger partial charge in [-0.2, -0.15) is 0 Å². The lowest BCUT2D eigenvalue weighted by molar-refractivity contribution is -0.143. The van der Waals surface area contributed by atoms with E-state index in [0.29, 0.717) is 59.6 Å². The molecule has 0 radical (unpaired) electrons. The predicted octanol–water partition coefficient (Wildman–Crippen LogP) is 4.51. The standard InChI is InChI=1S/C26H33NO8/c1-6-34-25(29)10-8-7-9-13-35-21-16-19(27-17-24(21)32-4)11-12-20(28)18-14-22(30-2)26(33-5)23(15-18)31-3/h11-12,14-17H,6-10,13H2,1-5H3. The highest BCUT2D eigenvalue weighted by Crippen LogP contribution is 2.38. The Bertz CT molecular complexity index is 993. The van der Waals surface area contributed by atoms with Gasteiger partial charge in [0.2, 0.25) is 5.75 Å². The summed E-state index contributed by atoms with van der Waals surface area (Å²) in [5, 5.41) is 0. The number of benzene rings is 1. The molecule has 0 N–H and O–H groups in total. The number of ketones is 1. The molecule has 1 aromatic carbocycles. The summed E-state index contributed by atoms with van der Waals surface area (Å²) in [7, 11) is 6.02. The van der Waals surface area contributed by atoms with E-state index in [1.165, 1.54) is 34.5 Å². The van der Waals surface area contributed by atoms with E-state index in [1.54, 1.807) is 37.4 Å². The number of allylic oxidation sites excluding steroid dienone is 1. The van der Waals surface area contributed by atoms with Gasteiger partial charge in [0.05, 0.1) is 53.5 Å². The second kappa shape index (κ2) is 14.5. The fourth-order valence-corrected chi connectivity index (χ4v) is 3.24. The van der Waals surface area contributed by atoms with Gasteiger partial charge in [-0.3, -0.25) is 14.6 Å². The van der Waals surface area contributed by atoms with Crippen LogP contribution in [0.1, 0.15) is 48.7 Å². The lowest BCUT2D eigenvalue weighted by Crippen LogP contribution is -2.04. The van der Waals surface area contributed by atoms with Crippen LogP contribution in [0.2, 0.25) is 0 Å². The largest absolute Gasteiger partial charge is 0.493 e. The summed E-state index contributed by atoms with van der Waals surface area (Å²) >= 11 is 0. The monoisotopic (exact) mass is 487 g/mol. The van der Waals surface area contributed by atoms with Gasteiger partial charge in [-0.05, 0) is 50.5 Å². The van der Waals surface area contributed by atoms with Gasteiger partial charge in [0.25, 0.3) is 0 Å². The van der Waals surface area contributed by atoms with Gasteiger partial charge in [0.1, 0.15) is 0 Å². The van der Waals surface area contributed by atoms with E-state index >= 15 is 0 Å². The minimum atomic E-state index is -0.258. The van der Waals surface area contributed by atoms with Gasteiger partial charge in [-0.25, -0.2) is 0 Å². The first-order valence-electron chi connectivity index (χ1n) is 11.3. The lowest BCUT2D eigenvalue weighted by Gasteiger charge is -2.13. The van der Waals surface area contributed by atoms with Gasteiger partial charge < -0.3 is 28.4 Å². The Labute approximate surface area is 205 Å². The second-order valence-corrected chi connectivity index (χ2v) is 7.34. The van der Waals surface area contributed by atoms with Crippen LogP contribution in [0.15, 0.2) is 30.5 Å². The number of methoxy groups -OCH3 is 4. The van der Waals surface area contributed by atoms with Gasteiger partial charge >= 0.3 is 5.97 Å². The van der Waals surface area contributed by atoms with Crippen molar-refractivity contribution in [3.05, 3.63) is 41.7 Å². The zero-order valence-electron chi connectivity index (χ0n) is 20.9. The Balaban J connectivity index is 2.03. The van der Waals surface area contributed by atoms with E-state index < -0.39 is 0 Å². The number of unbranched alkanes of at least 4 members (excludes halogenated alkanes) is 2. The average Bonchev–Trinajstić information content (AvgIpc) is 2.88. The van der Waals surface area contributed by atoms with Crippen LogP contribution in [0.5, 0.6) is 28.7 Å². The first-order chi connectivity index (χ1) is 17.0. The number of rotatable bonds is 15. The second-order valence-electron chi connectivity index (χ2n) is 7.34. The topological polar surface area (TPSA) is 102 Å². The maximum absolute atomic E-state index is 12.8. The summed E-state index contributed by atoms with van der Waals surface area (Å²) < 4.78 is 32.0. The molecule has 1 heterocycles. The Morgan fingerprint density at radius 3 is 2.14 bits per heavy atom. The van der Waals surface area contributed by atoms with Crippen LogP contribution in [0.4, 0.5) is 0 Å². The minimum absolute atomic E-state index is 0.179. The fraction of sp³-hybridized carbons (Fsp3) is 0.423. The highest BCUT2D eigenvalue weighted by atomic mass is 16.5. The molecule has 2 aromatic rings. The molecule has 0 amide bonds. The number of carbonyl (C=O) groups excluding carboxylic acids is 2. The van der Waals surface area contributed by atoms with Gasteiger partial charge in [0, 0.05) is 18.1 Å². The molecule has 0 bridgehead atoms. The van der Waals surface area contributed by atoms with Crippen LogP contribution < -0.4 is 23.7 Å².